The fraction of sp³-hybridized carbons (Fsp3) is 0.143. The molecule has 0 radical (unpaired) electrons. The number of para-hydroxylation sites is 1. The Bertz CT molecular complexity index is 519. The summed E-state index contributed by atoms with van der Waals surface area (Å²) in [5.74, 6) is 0. The van der Waals surface area contributed by atoms with Crippen molar-refractivity contribution in [3.05, 3.63) is 61.3 Å². The minimum absolute atomic E-state index is 0. The first-order valence-electron chi connectivity index (χ1n) is 5.76. The van der Waals surface area contributed by atoms with E-state index in [1.54, 1.807) is 12.5 Å². The third kappa shape index (κ3) is 4.69. The highest BCUT2D eigenvalue weighted by molar-refractivity contribution is 5.85. The number of aliphatic hydroxyl groups is 1. The van der Waals surface area contributed by atoms with E-state index in [9.17, 15) is 0 Å². The van der Waals surface area contributed by atoms with Gasteiger partial charge in [-0.15, -0.1) is 12.4 Å². The SMILES string of the molecule is Cl.OCCn1ccnc1.c1ccc2ncccc2c1. The van der Waals surface area contributed by atoms with Crippen molar-refractivity contribution in [1.29, 1.82) is 0 Å². The van der Waals surface area contributed by atoms with E-state index >= 15 is 0 Å². The zero-order chi connectivity index (χ0) is 12.6. The molecule has 5 heteroatoms. The molecule has 1 aromatic carbocycles. The van der Waals surface area contributed by atoms with E-state index in [1.165, 1.54) is 5.39 Å². The van der Waals surface area contributed by atoms with Crippen molar-refractivity contribution in [3.8, 4) is 0 Å². The molecule has 3 rings (SSSR count). The quantitative estimate of drug-likeness (QED) is 0.783. The van der Waals surface area contributed by atoms with Gasteiger partial charge in [-0.3, -0.25) is 4.98 Å². The molecule has 19 heavy (non-hydrogen) atoms. The van der Waals surface area contributed by atoms with Gasteiger partial charge in [-0.2, -0.15) is 0 Å². The Hall–Kier alpha value is -1.91. The number of halogens is 1. The molecule has 2 heterocycles. The molecule has 0 saturated heterocycles. The van der Waals surface area contributed by atoms with E-state index < -0.39 is 0 Å². The van der Waals surface area contributed by atoms with Gasteiger partial charge in [-0.25, -0.2) is 4.98 Å². The van der Waals surface area contributed by atoms with Crippen LogP contribution in [-0.2, 0) is 6.54 Å². The van der Waals surface area contributed by atoms with Crippen molar-refractivity contribution in [1.82, 2.24) is 14.5 Å². The van der Waals surface area contributed by atoms with Gasteiger partial charge in [-0.05, 0) is 12.1 Å². The average molecular weight is 278 g/mol. The summed E-state index contributed by atoms with van der Waals surface area (Å²) < 4.78 is 1.82. The van der Waals surface area contributed by atoms with Gasteiger partial charge in [0.1, 0.15) is 0 Å². The Morgan fingerprint density at radius 1 is 1.05 bits per heavy atom. The number of imidazole rings is 1. The van der Waals surface area contributed by atoms with Gasteiger partial charge in [0.25, 0.3) is 0 Å². The zero-order valence-corrected chi connectivity index (χ0v) is 11.2. The lowest BCUT2D eigenvalue weighted by Gasteiger charge is -1.92. The molecule has 0 saturated carbocycles. The monoisotopic (exact) mass is 277 g/mol. The molecule has 0 spiro atoms. The van der Waals surface area contributed by atoms with Crippen molar-refractivity contribution in [2.75, 3.05) is 6.61 Å². The van der Waals surface area contributed by atoms with Crippen LogP contribution in [0.25, 0.3) is 10.9 Å². The number of aliphatic hydroxyl groups excluding tert-OH is 1. The predicted molar refractivity (Wildman–Crippen MR) is 78.3 cm³/mol. The second-order valence-electron chi connectivity index (χ2n) is 3.72. The van der Waals surface area contributed by atoms with Crippen LogP contribution >= 0.6 is 12.4 Å². The third-order valence-electron chi connectivity index (χ3n) is 2.43. The highest BCUT2D eigenvalue weighted by Gasteiger charge is 1.86. The molecule has 0 bridgehead atoms. The van der Waals surface area contributed by atoms with E-state index in [2.05, 4.69) is 22.1 Å². The molecule has 3 aromatic rings. The fourth-order valence-corrected chi connectivity index (χ4v) is 1.55. The first-order valence-corrected chi connectivity index (χ1v) is 5.76. The number of fused-ring (bicyclic) bond motifs is 1. The van der Waals surface area contributed by atoms with E-state index in [-0.39, 0.29) is 19.0 Å². The van der Waals surface area contributed by atoms with Gasteiger partial charge in [0.2, 0.25) is 0 Å². The Balaban J connectivity index is 0.000000185. The van der Waals surface area contributed by atoms with E-state index in [1.807, 2.05) is 41.2 Å². The van der Waals surface area contributed by atoms with Gasteiger partial charge in [-0.1, -0.05) is 24.3 Å². The highest BCUT2D eigenvalue weighted by Crippen LogP contribution is 2.07. The number of pyridine rings is 1. The molecule has 0 aliphatic heterocycles. The van der Waals surface area contributed by atoms with Crippen LogP contribution in [-0.4, -0.2) is 26.2 Å². The molecule has 4 nitrogen and oxygen atoms in total. The summed E-state index contributed by atoms with van der Waals surface area (Å²) in [6, 6.07) is 12.1. The number of aromatic nitrogens is 3. The van der Waals surface area contributed by atoms with Gasteiger partial charge in [0, 0.05) is 30.5 Å². The van der Waals surface area contributed by atoms with Crippen LogP contribution in [0.3, 0.4) is 0 Å². The predicted octanol–water partition coefficient (Wildman–Crippen LogP) is 2.53. The van der Waals surface area contributed by atoms with Gasteiger partial charge in [0.05, 0.1) is 18.5 Å². The number of hydrogen-bond donors (Lipinski definition) is 1. The first kappa shape index (κ1) is 15.1. The minimum Gasteiger partial charge on any atom is -0.395 e. The summed E-state index contributed by atoms with van der Waals surface area (Å²) in [4.78, 5) is 7.97. The topological polar surface area (TPSA) is 50.9 Å². The summed E-state index contributed by atoms with van der Waals surface area (Å²) in [6.07, 6.45) is 6.99. The van der Waals surface area contributed by atoms with Gasteiger partial charge >= 0.3 is 0 Å². The average Bonchev–Trinajstić information content (AvgIpc) is 2.93. The molecule has 0 aliphatic carbocycles. The molecular weight excluding hydrogens is 262 g/mol. The lowest BCUT2D eigenvalue weighted by Crippen LogP contribution is -1.97. The van der Waals surface area contributed by atoms with Crippen molar-refractivity contribution >= 4 is 23.3 Å². The summed E-state index contributed by atoms with van der Waals surface area (Å²) in [5.41, 5.74) is 1.06. The molecular formula is C14H16ClN3O. The summed E-state index contributed by atoms with van der Waals surface area (Å²) >= 11 is 0. The van der Waals surface area contributed by atoms with Crippen LogP contribution in [0.4, 0.5) is 0 Å². The molecule has 0 fully saturated rings. The third-order valence-corrected chi connectivity index (χ3v) is 2.43. The summed E-state index contributed by atoms with van der Waals surface area (Å²) in [5, 5.41) is 9.59. The molecule has 0 atom stereocenters. The molecule has 0 unspecified atom stereocenters. The van der Waals surface area contributed by atoms with Crippen LogP contribution in [0.2, 0.25) is 0 Å². The number of rotatable bonds is 2. The van der Waals surface area contributed by atoms with Crippen LogP contribution in [0.1, 0.15) is 0 Å². The van der Waals surface area contributed by atoms with Crippen LogP contribution in [0.15, 0.2) is 61.3 Å². The molecule has 1 N–H and O–H groups in total. The summed E-state index contributed by atoms with van der Waals surface area (Å²) in [7, 11) is 0. The van der Waals surface area contributed by atoms with E-state index in [4.69, 9.17) is 5.11 Å². The smallest absolute Gasteiger partial charge is 0.0946 e. The lowest BCUT2D eigenvalue weighted by atomic mass is 10.2. The van der Waals surface area contributed by atoms with Crippen LogP contribution in [0, 0.1) is 0 Å². The molecule has 0 aliphatic rings. The Morgan fingerprint density at radius 3 is 2.53 bits per heavy atom. The normalized spacial score (nSPS) is 9.32. The Morgan fingerprint density at radius 2 is 1.84 bits per heavy atom. The number of benzene rings is 1. The Labute approximate surface area is 118 Å². The molecule has 2 aromatic heterocycles. The Kier molecular flexibility index (Phi) is 6.57. The fourth-order valence-electron chi connectivity index (χ4n) is 1.55. The number of hydrogen-bond acceptors (Lipinski definition) is 3. The van der Waals surface area contributed by atoms with E-state index in [0.717, 1.165) is 5.52 Å². The van der Waals surface area contributed by atoms with Crippen molar-refractivity contribution in [3.63, 3.8) is 0 Å². The second kappa shape index (κ2) is 8.24. The van der Waals surface area contributed by atoms with Gasteiger partial charge in [0.15, 0.2) is 0 Å². The van der Waals surface area contributed by atoms with Crippen LogP contribution < -0.4 is 0 Å². The maximum atomic E-state index is 8.39. The summed E-state index contributed by atoms with van der Waals surface area (Å²) in [6.45, 7) is 0.816. The standard InChI is InChI=1S/C9H7N.C5H8N2O.ClH/c1-2-6-9-8(4-1)5-3-7-10-9;8-4-3-7-2-1-6-5-7;/h1-7H;1-2,5,8H,3-4H2;1H. The first-order chi connectivity index (χ1) is 8.90. The second-order valence-corrected chi connectivity index (χ2v) is 3.72. The highest BCUT2D eigenvalue weighted by atomic mass is 35.5. The van der Waals surface area contributed by atoms with Crippen molar-refractivity contribution in [2.45, 2.75) is 6.54 Å². The van der Waals surface area contributed by atoms with E-state index in [0.29, 0.717) is 6.54 Å². The zero-order valence-electron chi connectivity index (χ0n) is 10.4. The largest absolute Gasteiger partial charge is 0.395 e. The van der Waals surface area contributed by atoms with Crippen molar-refractivity contribution < 1.29 is 5.11 Å². The van der Waals surface area contributed by atoms with Gasteiger partial charge < -0.3 is 9.67 Å². The minimum atomic E-state index is 0. The maximum absolute atomic E-state index is 8.39. The molecule has 0 amide bonds. The van der Waals surface area contributed by atoms with Crippen LogP contribution in [0.5, 0.6) is 0 Å². The molecule has 100 valence electrons. The van der Waals surface area contributed by atoms with Crippen molar-refractivity contribution in [2.24, 2.45) is 0 Å². The maximum Gasteiger partial charge on any atom is 0.0946 e. The lowest BCUT2D eigenvalue weighted by molar-refractivity contribution is 0.276. The number of nitrogens with zero attached hydrogens (tertiary/aromatic N) is 3.